The number of fused-ring (bicyclic) bond motifs is 1. The molecule has 1 aliphatic rings. The van der Waals surface area contributed by atoms with E-state index in [0.717, 1.165) is 0 Å². The second kappa shape index (κ2) is 8.31. The minimum Gasteiger partial charge on any atom is -0.458 e. The van der Waals surface area contributed by atoms with E-state index in [9.17, 15) is 14.4 Å². The minimum absolute atomic E-state index is 0.100. The van der Waals surface area contributed by atoms with Gasteiger partial charge in [-0.05, 0) is 44.2 Å². The maximum Gasteiger partial charge on any atom is 0.362 e. The summed E-state index contributed by atoms with van der Waals surface area (Å²) in [7, 11) is 0. The molecule has 28 heavy (non-hydrogen) atoms. The van der Waals surface area contributed by atoms with Crippen LogP contribution in [0.5, 0.6) is 0 Å². The summed E-state index contributed by atoms with van der Waals surface area (Å²) in [5.41, 5.74) is 1.27. The van der Waals surface area contributed by atoms with E-state index in [1.54, 1.807) is 50.2 Å². The zero-order chi connectivity index (χ0) is 20.3. The maximum absolute atomic E-state index is 14.4. The van der Waals surface area contributed by atoms with Crippen LogP contribution < -0.4 is 0 Å². The number of oxime groups is 1. The van der Waals surface area contributed by atoms with Crippen molar-refractivity contribution in [3.05, 3.63) is 64.4 Å². The first kappa shape index (κ1) is 19.7. The smallest absolute Gasteiger partial charge is 0.362 e. The molecule has 0 saturated carbocycles. The third-order valence-electron chi connectivity index (χ3n) is 3.89. The average Bonchev–Trinajstić information content (AvgIpc) is 2.82. The number of hydrogen-bond donors (Lipinski definition) is 1. The number of carbonyl (C=O) groups excluding carboxylic acids is 1. The Morgan fingerprint density at radius 2 is 2.00 bits per heavy atom. The monoisotopic (exact) mass is 401 g/mol. The first-order valence-electron chi connectivity index (χ1n) is 8.51. The topological polar surface area (TPSA) is 83.6 Å². The van der Waals surface area contributed by atoms with E-state index >= 15 is 0 Å². The molecule has 0 unspecified atom stereocenters. The summed E-state index contributed by atoms with van der Waals surface area (Å²) in [4.78, 5) is 21.1. The Balaban J connectivity index is 2.13. The molecular formula is C20H17ClFN3O3. The van der Waals surface area contributed by atoms with Crippen LogP contribution in [0.2, 0.25) is 5.02 Å². The van der Waals surface area contributed by atoms with Crippen molar-refractivity contribution in [3.8, 4) is 0 Å². The second-order valence-electron chi connectivity index (χ2n) is 6.27. The fourth-order valence-electron chi connectivity index (χ4n) is 2.71. The molecule has 2 aromatic carbocycles. The fourth-order valence-corrected chi connectivity index (χ4v) is 2.88. The van der Waals surface area contributed by atoms with Gasteiger partial charge in [0.25, 0.3) is 0 Å². The van der Waals surface area contributed by atoms with Crippen LogP contribution in [0.4, 0.5) is 10.1 Å². The molecule has 0 atom stereocenters. The van der Waals surface area contributed by atoms with E-state index in [2.05, 4.69) is 15.1 Å². The molecule has 3 rings (SSSR count). The molecule has 0 spiro atoms. The lowest BCUT2D eigenvalue weighted by molar-refractivity contribution is -0.138. The maximum atomic E-state index is 14.4. The highest BCUT2D eigenvalue weighted by Gasteiger charge is 2.26. The highest BCUT2D eigenvalue weighted by molar-refractivity contribution is 6.66. The van der Waals surface area contributed by atoms with Gasteiger partial charge in [0.1, 0.15) is 5.82 Å². The second-order valence-corrected chi connectivity index (χ2v) is 6.70. The summed E-state index contributed by atoms with van der Waals surface area (Å²) in [6, 6.07) is 11.1. The van der Waals surface area contributed by atoms with Crippen molar-refractivity contribution in [3.63, 3.8) is 0 Å². The van der Waals surface area contributed by atoms with E-state index in [-0.39, 0.29) is 23.5 Å². The highest BCUT2D eigenvalue weighted by Crippen LogP contribution is 2.29. The largest absolute Gasteiger partial charge is 0.458 e. The van der Waals surface area contributed by atoms with Crippen LogP contribution in [0.1, 0.15) is 25.0 Å². The standard InChI is InChI=1S/C20H17ClFN3O3/c1-11(2)28-20(26)19(25-27)17-10-23-18(13-5-3-4-6-15(13)22)14-9-12(21)7-8-16(14)24-17/h3-9,11,27H,10H2,1-2H3/b25-19-. The van der Waals surface area contributed by atoms with Crippen molar-refractivity contribution in [2.24, 2.45) is 15.1 Å². The lowest BCUT2D eigenvalue weighted by atomic mass is 10.0. The molecule has 1 heterocycles. The number of halogens is 2. The quantitative estimate of drug-likeness (QED) is 0.361. The Hall–Kier alpha value is -3.06. The molecule has 0 bridgehead atoms. The van der Waals surface area contributed by atoms with E-state index in [0.29, 0.717) is 22.0 Å². The zero-order valence-electron chi connectivity index (χ0n) is 15.2. The molecule has 0 fully saturated rings. The van der Waals surface area contributed by atoms with Crippen LogP contribution in [-0.4, -0.2) is 41.0 Å². The van der Waals surface area contributed by atoms with Crippen LogP contribution in [-0.2, 0) is 9.53 Å². The molecule has 0 aromatic heterocycles. The Labute approximate surface area is 166 Å². The van der Waals surface area contributed by atoms with Gasteiger partial charge in [0.05, 0.1) is 29.8 Å². The van der Waals surface area contributed by atoms with Crippen LogP contribution >= 0.6 is 11.6 Å². The number of esters is 1. The molecule has 6 nitrogen and oxygen atoms in total. The summed E-state index contributed by atoms with van der Waals surface area (Å²) < 4.78 is 19.5. The lowest BCUT2D eigenvalue weighted by Crippen LogP contribution is -2.30. The molecular weight excluding hydrogens is 385 g/mol. The number of benzene rings is 2. The number of carbonyl (C=O) groups is 1. The van der Waals surface area contributed by atoms with E-state index < -0.39 is 17.9 Å². The number of aliphatic imine (C=N–C) groups is 2. The van der Waals surface area contributed by atoms with Gasteiger partial charge in [-0.25, -0.2) is 14.2 Å². The van der Waals surface area contributed by atoms with Gasteiger partial charge in [0.2, 0.25) is 5.71 Å². The predicted molar refractivity (Wildman–Crippen MR) is 106 cm³/mol. The Kier molecular flexibility index (Phi) is 5.84. The zero-order valence-corrected chi connectivity index (χ0v) is 15.9. The van der Waals surface area contributed by atoms with Gasteiger partial charge in [0.15, 0.2) is 0 Å². The molecule has 1 aliphatic heterocycles. The normalized spacial score (nSPS) is 14.1. The molecule has 0 aliphatic carbocycles. The number of hydrogen-bond acceptors (Lipinski definition) is 6. The van der Waals surface area contributed by atoms with Crippen molar-refractivity contribution < 1.29 is 19.1 Å². The average molecular weight is 402 g/mol. The van der Waals surface area contributed by atoms with Gasteiger partial charge in [-0.2, -0.15) is 0 Å². The van der Waals surface area contributed by atoms with Crippen molar-refractivity contribution in [1.29, 1.82) is 0 Å². The minimum atomic E-state index is -0.823. The third kappa shape index (κ3) is 4.09. The summed E-state index contributed by atoms with van der Waals surface area (Å²) >= 11 is 6.12. The van der Waals surface area contributed by atoms with Crippen molar-refractivity contribution in [2.45, 2.75) is 20.0 Å². The van der Waals surface area contributed by atoms with Crippen LogP contribution in [0.15, 0.2) is 57.6 Å². The van der Waals surface area contributed by atoms with Gasteiger partial charge >= 0.3 is 5.97 Å². The lowest BCUT2D eigenvalue weighted by Gasteiger charge is -2.09. The predicted octanol–water partition coefficient (Wildman–Crippen LogP) is 4.18. The number of nitrogens with zero attached hydrogens (tertiary/aromatic N) is 3. The van der Waals surface area contributed by atoms with Crippen LogP contribution in [0, 0.1) is 5.82 Å². The van der Waals surface area contributed by atoms with E-state index in [4.69, 9.17) is 16.3 Å². The summed E-state index contributed by atoms with van der Waals surface area (Å²) in [6.45, 7) is 3.24. The number of rotatable bonds is 4. The Bertz CT molecular complexity index is 1020. The van der Waals surface area contributed by atoms with Gasteiger partial charge < -0.3 is 9.94 Å². The first-order chi connectivity index (χ1) is 13.4. The Morgan fingerprint density at radius 3 is 2.68 bits per heavy atom. The SMILES string of the molecule is CC(C)OC(=O)/C(=N\O)C1=Nc2ccc(Cl)cc2C(c2ccccc2F)=NC1. The molecule has 0 saturated heterocycles. The molecule has 8 heteroatoms. The van der Waals surface area contributed by atoms with Gasteiger partial charge in [-0.3, -0.25) is 4.99 Å². The summed E-state index contributed by atoms with van der Waals surface area (Å²) in [6.07, 6.45) is -0.404. The van der Waals surface area contributed by atoms with Crippen molar-refractivity contribution in [2.75, 3.05) is 6.54 Å². The highest BCUT2D eigenvalue weighted by atomic mass is 35.5. The summed E-state index contributed by atoms with van der Waals surface area (Å²) in [5, 5.41) is 12.8. The molecule has 0 radical (unpaired) electrons. The molecule has 1 N–H and O–H groups in total. The molecule has 144 valence electrons. The van der Waals surface area contributed by atoms with E-state index in [1.807, 2.05) is 0 Å². The van der Waals surface area contributed by atoms with Gasteiger partial charge in [0, 0.05) is 16.1 Å². The van der Waals surface area contributed by atoms with Crippen LogP contribution in [0.25, 0.3) is 0 Å². The molecule has 0 amide bonds. The summed E-state index contributed by atoms with van der Waals surface area (Å²) in [5.74, 6) is -1.28. The number of ether oxygens (including phenoxy) is 1. The third-order valence-corrected chi connectivity index (χ3v) is 4.13. The van der Waals surface area contributed by atoms with E-state index in [1.165, 1.54) is 6.07 Å². The van der Waals surface area contributed by atoms with Crippen LogP contribution in [0.3, 0.4) is 0 Å². The fraction of sp³-hybridized carbons (Fsp3) is 0.200. The van der Waals surface area contributed by atoms with Gasteiger partial charge in [-0.1, -0.05) is 28.9 Å². The molecule has 2 aromatic rings. The van der Waals surface area contributed by atoms with Gasteiger partial charge in [-0.15, -0.1) is 0 Å². The van der Waals surface area contributed by atoms with Crippen molar-refractivity contribution >= 4 is 40.4 Å². The first-order valence-corrected chi connectivity index (χ1v) is 8.88. The van der Waals surface area contributed by atoms with Crippen molar-refractivity contribution in [1.82, 2.24) is 0 Å². The Morgan fingerprint density at radius 1 is 1.25 bits per heavy atom.